The van der Waals surface area contributed by atoms with Crippen LogP contribution in [0.5, 0.6) is 0 Å². The molecule has 0 N–H and O–H groups in total. The van der Waals surface area contributed by atoms with Crippen LogP contribution in [0.1, 0.15) is 25.3 Å². The smallest absolute Gasteiger partial charge is 0.0415 e. The van der Waals surface area contributed by atoms with Gasteiger partial charge in [-0.25, -0.2) is 0 Å². The molecule has 0 radical (unpaired) electrons. The Morgan fingerprint density at radius 1 is 1.00 bits per heavy atom. The molecule has 0 aliphatic heterocycles. The SMILES string of the molecule is C=C(/C=C\C(=C/C)C1=CCC(c2ccccc2)=CC(Cl)=C1)C1=CCC=CC=C1. The van der Waals surface area contributed by atoms with Crippen LogP contribution in [0.25, 0.3) is 5.57 Å². The summed E-state index contributed by atoms with van der Waals surface area (Å²) in [6.45, 7) is 6.28. The van der Waals surface area contributed by atoms with E-state index in [9.17, 15) is 0 Å². The first-order valence-corrected chi connectivity index (χ1v) is 9.96. The van der Waals surface area contributed by atoms with E-state index in [1.54, 1.807) is 0 Å². The zero-order chi connectivity index (χ0) is 19.8. The normalized spacial score (nSPS) is 17.4. The van der Waals surface area contributed by atoms with Gasteiger partial charge in [0.1, 0.15) is 0 Å². The molecule has 1 heteroatoms. The highest BCUT2D eigenvalue weighted by Gasteiger charge is 2.08. The summed E-state index contributed by atoms with van der Waals surface area (Å²) in [4.78, 5) is 0. The summed E-state index contributed by atoms with van der Waals surface area (Å²) in [6.07, 6.45) is 25.0. The molecular weight excluding hydrogens is 360 g/mol. The average Bonchev–Trinajstić information content (AvgIpc) is 3.10. The Kier molecular flexibility index (Phi) is 7.06. The monoisotopic (exact) mass is 384 g/mol. The maximum absolute atomic E-state index is 6.51. The van der Waals surface area contributed by atoms with E-state index in [1.807, 2.05) is 12.1 Å². The van der Waals surface area contributed by atoms with Gasteiger partial charge in [-0.15, -0.1) is 0 Å². The fourth-order valence-electron chi connectivity index (χ4n) is 3.21. The Bertz CT molecular complexity index is 970. The lowest BCUT2D eigenvalue weighted by Gasteiger charge is -2.06. The molecular formula is C27H25Cl. The van der Waals surface area contributed by atoms with Gasteiger partial charge in [0.25, 0.3) is 0 Å². The van der Waals surface area contributed by atoms with Gasteiger partial charge in [-0.2, -0.15) is 0 Å². The van der Waals surface area contributed by atoms with Crippen LogP contribution >= 0.6 is 11.6 Å². The Balaban J connectivity index is 1.78. The molecule has 0 spiro atoms. The lowest BCUT2D eigenvalue weighted by Crippen LogP contribution is -1.86. The summed E-state index contributed by atoms with van der Waals surface area (Å²) >= 11 is 6.51. The van der Waals surface area contributed by atoms with Gasteiger partial charge >= 0.3 is 0 Å². The molecule has 0 unspecified atom stereocenters. The van der Waals surface area contributed by atoms with E-state index < -0.39 is 0 Å². The molecule has 0 nitrogen and oxygen atoms in total. The van der Waals surface area contributed by atoms with E-state index in [0.29, 0.717) is 0 Å². The lowest BCUT2D eigenvalue weighted by atomic mass is 9.99. The molecule has 2 aliphatic carbocycles. The van der Waals surface area contributed by atoms with E-state index >= 15 is 0 Å². The quantitative estimate of drug-likeness (QED) is 0.450. The third kappa shape index (κ3) is 5.34. The van der Waals surface area contributed by atoms with Gasteiger partial charge in [-0.05, 0) is 65.3 Å². The third-order valence-corrected chi connectivity index (χ3v) is 4.99. The molecule has 3 rings (SSSR count). The Morgan fingerprint density at radius 2 is 1.82 bits per heavy atom. The molecule has 0 fully saturated rings. The van der Waals surface area contributed by atoms with Gasteiger partial charge in [-0.1, -0.05) is 103 Å². The zero-order valence-corrected chi connectivity index (χ0v) is 17.0. The number of benzene rings is 1. The van der Waals surface area contributed by atoms with Crippen LogP contribution in [0.4, 0.5) is 0 Å². The van der Waals surface area contributed by atoms with Crippen LogP contribution in [-0.4, -0.2) is 0 Å². The van der Waals surface area contributed by atoms with Crippen LogP contribution in [0.15, 0.2) is 131 Å². The number of rotatable bonds is 5. The Hall–Kier alpha value is -2.83. The number of halogens is 1. The van der Waals surface area contributed by atoms with Gasteiger partial charge in [0.05, 0.1) is 0 Å². The van der Waals surface area contributed by atoms with Gasteiger partial charge in [0, 0.05) is 5.03 Å². The summed E-state index contributed by atoms with van der Waals surface area (Å²) in [5, 5.41) is 0.745. The largest absolute Gasteiger partial charge is 0.0912 e. The minimum absolute atomic E-state index is 0.745. The second kappa shape index (κ2) is 9.92. The first-order chi connectivity index (χ1) is 13.7. The molecule has 1 aromatic carbocycles. The van der Waals surface area contributed by atoms with E-state index in [-0.39, 0.29) is 0 Å². The minimum atomic E-state index is 0.745. The second-order valence-corrected chi connectivity index (χ2v) is 7.15. The van der Waals surface area contributed by atoms with Gasteiger partial charge in [0.2, 0.25) is 0 Å². The van der Waals surface area contributed by atoms with Gasteiger partial charge in [0.15, 0.2) is 0 Å². The molecule has 0 atom stereocenters. The maximum atomic E-state index is 6.51. The maximum Gasteiger partial charge on any atom is 0.0415 e. The summed E-state index contributed by atoms with van der Waals surface area (Å²) in [5.41, 5.74) is 6.86. The van der Waals surface area contributed by atoms with E-state index in [0.717, 1.165) is 40.2 Å². The number of hydrogen-bond donors (Lipinski definition) is 0. The van der Waals surface area contributed by atoms with Crippen molar-refractivity contribution in [3.63, 3.8) is 0 Å². The molecule has 0 amide bonds. The Labute approximate surface area is 173 Å². The van der Waals surface area contributed by atoms with Crippen molar-refractivity contribution in [3.05, 3.63) is 137 Å². The zero-order valence-electron chi connectivity index (χ0n) is 16.2. The van der Waals surface area contributed by atoms with Crippen molar-refractivity contribution in [3.8, 4) is 0 Å². The van der Waals surface area contributed by atoms with Crippen molar-refractivity contribution in [2.45, 2.75) is 19.8 Å². The van der Waals surface area contributed by atoms with Gasteiger partial charge < -0.3 is 0 Å². The molecule has 28 heavy (non-hydrogen) atoms. The van der Waals surface area contributed by atoms with Crippen LogP contribution in [0.2, 0.25) is 0 Å². The van der Waals surface area contributed by atoms with Crippen LogP contribution in [0, 0.1) is 0 Å². The third-order valence-electron chi connectivity index (χ3n) is 4.77. The first-order valence-electron chi connectivity index (χ1n) is 9.58. The highest BCUT2D eigenvalue weighted by atomic mass is 35.5. The van der Waals surface area contributed by atoms with Crippen LogP contribution in [-0.2, 0) is 0 Å². The van der Waals surface area contributed by atoms with Crippen LogP contribution < -0.4 is 0 Å². The summed E-state index contributed by atoms with van der Waals surface area (Å²) in [5.74, 6) is 0. The van der Waals surface area contributed by atoms with E-state index in [4.69, 9.17) is 11.6 Å². The topological polar surface area (TPSA) is 0 Å². The first kappa shape index (κ1) is 19.9. The highest BCUT2D eigenvalue weighted by Crippen LogP contribution is 2.29. The average molecular weight is 385 g/mol. The van der Waals surface area contributed by atoms with Crippen molar-refractivity contribution >= 4 is 17.2 Å². The minimum Gasteiger partial charge on any atom is -0.0912 e. The van der Waals surface area contributed by atoms with E-state index in [2.05, 4.69) is 98.5 Å². The fourth-order valence-corrected chi connectivity index (χ4v) is 3.46. The number of allylic oxidation sites excluding steroid dienone is 17. The molecule has 0 saturated heterocycles. The predicted octanol–water partition coefficient (Wildman–Crippen LogP) is 8.02. The molecule has 140 valence electrons. The fraction of sp³-hybridized carbons (Fsp3) is 0.111. The van der Waals surface area contributed by atoms with E-state index in [1.165, 1.54) is 11.1 Å². The van der Waals surface area contributed by atoms with Crippen molar-refractivity contribution in [1.82, 2.24) is 0 Å². The summed E-state index contributed by atoms with van der Waals surface area (Å²) < 4.78 is 0. The highest BCUT2D eigenvalue weighted by molar-refractivity contribution is 6.32. The second-order valence-electron chi connectivity index (χ2n) is 6.71. The molecule has 0 saturated carbocycles. The Morgan fingerprint density at radius 3 is 2.61 bits per heavy atom. The van der Waals surface area contributed by atoms with Crippen LogP contribution in [0.3, 0.4) is 0 Å². The van der Waals surface area contributed by atoms with Crippen molar-refractivity contribution in [2.75, 3.05) is 0 Å². The molecule has 0 aromatic heterocycles. The summed E-state index contributed by atoms with van der Waals surface area (Å²) in [6, 6.07) is 10.4. The lowest BCUT2D eigenvalue weighted by molar-refractivity contribution is 1.35. The van der Waals surface area contributed by atoms with Crippen molar-refractivity contribution in [2.24, 2.45) is 0 Å². The molecule has 2 aliphatic rings. The predicted molar refractivity (Wildman–Crippen MR) is 124 cm³/mol. The standard InChI is InChI=1S/C27H25Cl/c1-3-22(16-15-21(2)23-11-7-4-5-8-12-23)25-17-18-26(20-27(28)19-25)24-13-9-6-10-14-24/h3-7,9-17,19-20H,2,8,18H2,1H3/b16-15-,22-3+. The molecule has 0 heterocycles. The summed E-state index contributed by atoms with van der Waals surface area (Å²) in [7, 11) is 0. The molecule has 0 bridgehead atoms. The van der Waals surface area contributed by atoms with Gasteiger partial charge in [-0.3, -0.25) is 0 Å². The van der Waals surface area contributed by atoms with Crippen molar-refractivity contribution < 1.29 is 0 Å². The number of hydrogen-bond acceptors (Lipinski definition) is 0. The van der Waals surface area contributed by atoms with Crippen molar-refractivity contribution in [1.29, 1.82) is 0 Å². The molecule has 1 aromatic rings.